The van der Waals surface area contributed by atoms with E-state index in [-0.39, 0.29) is 5.92 Å². The number of alkyl halides is 3. The minimum atomic E-state index is -4.36. The lowest BCUT2D eigenvalue weighted by Gasteiger charge is -2.21. The van der Waals surface area contributed by atoms with Gasteiger partial charge in [-0.2, -0.15) is 13.2 Å². The van der Waals surface area contributed by atoms with Crippen LogP contribution in [0.4, 0.5) is 13.2 Å². The summed E-state index contributed by atoms with van der Waals surface area (Å²) in [5.74, 6) is 0.635. The summed E-state index contributed by atoms with van der Waals surface area (Å²) in [6.07, 6.45) is -0.704. The van der Waals surface area contributed by atoms with E-state index in [1.165, 1.54) is 0 Å². The zero-order chi connectivity index (χ0) is 11.6. The smallest absolute Gasteiger partial charge is 0.316 e. The van der Waals surface area contributed by atoms with E-state index in [0.717, 1.165) is 38.3 Å². The van der Waals surface area contributed by atoms with Crippen molar-refractivity contribution in [1.29, 1.82) is 0 Å². The average molecular weight is 231 g/mol. The second-order valence-electron chi connectivity index (χ2n) is 3.87. The lowest BCUT2D eigenvalue weighted by atomic mass is 9.99. The van der Waals surface area contributed by atoms with Crippen molar-refractivity contribution in [2.45, 2.75) is 24.9 Å². The van der Waals surface area contributed by atoms with Crippen LogP contribution < -0.4 is 5.32 Å². The van der Waals surface area contributed by atoms with Crippen molar-refractivity contribution in [3.05, 3.63) is 23.8 Å². The molecule has 6 heteroatoms. The Hall–Kier alpha value is -1.17. The van der Waals surface area contributed by atoms with E-state index in [4.69, 9.17) is 0 Å². The first-order valence-electron chi connectivity index (χ1n) is 5.17. The molecule has 2 rings (SSSR count). The molecular formula is C10H12F3N3. The van der Waals surface area contributed by atoms with Crippen molar-refractivity contribution in [1.82, 2.24) is 15.3 Å². The Bertz CT molecular complexity index is 341. The van der Waals surface area contributed by atoms with Gasteiger partial charge in [0.2, 0.25) is 0 Å². The fourth-order valence-electron chi connectivity index (χ4n) is 1.77. The average Bonchev–Trinajstić information content (AvgIpc) is 2.29. The summed E-state index contributed by atoms with van der Waals surface area (Å²) < 4.78 is 36.8. The molecule has 0 spiro atoms. The van der Waals surface area contributed by atoms with Crippen molar-refractivity contribution in [3.8, 4) is 0 Å². The Morgan fingerprint density at radius 2 is 1.94 bits per heavy atom. The fraction of sp³-hybridized carbons (Fsp3) is 0.600. The van der Waals surface area contributed by atoms with Gasteiger partial charge in [0.05, 0.1) is 5.56 Å². The van der Waals surface area contributed by atoms with Gasteiger partial charge in [0.25, 0.3) is 0 Å². The molecular weight excluding hydrogens is 219 g/mol. The molecule has 1 N–H and O–H groups in total. The summed E-state index contributed by atoms with van der Waals surface area (Å²) in [7, 11) is 0. The minimum absolute atomic E-state index is 0.135. The largest absolute Gasteiger partial charge is 0.419 e. The molecule has 16 heavy (non-hydrogen) atoms. The Morgan fingerprint density at radius 1 is 1.25 bits per heavy atom. The first-order chi connectivity index (χ1) is 7.57. The maximum atomic E-state index is 12.3. The van der Waals surface area contributed by atoms with Crippen LogP contribution in [0.15, 0.2) is 12.4 Å². The van der Waals surface area contributed by atoms with Crippen molar-refractivity contribution in [2.24, 2.45) is 0 Å². The molecule has 0 amide bonds. The maximum absolute atomic E-state index is 12.3. The summed E-state index contributed by atoms with van der Waals surface area (Å²) >= 11 is 0. The molecule has 88 valence electrons. The minimum Gasteiger partial charge on any atom is -0.316 e. The molecule has 0 aromatic carbocycles. The quantitative estimate of drug-likeness (QED) is 0.802. The number of aromatic nitrogens is 2. The second-order valence-corrected chi connectivity index (χ2v) is 3.87. The third-order valence-corrected chi connectivity index (χ3v) is 2.66. The number of hydrogen-bond acceptors (Lipinski definition) is 3. The molecule has 0 saturated carbocycles. The van der Waals surface area contributed by atoms with Crippen LogP contribution in [0.5, 0.6) is 0 Å². The summed E-state index contributed by atoms with van der Waals surface area (Å²) in [5, 5.41) is 3.18. The lowest BCUT2D eigenvalue weighted by Crippen LogP contribution is -2.29. The molecule has 2 heterocycles. The Morgan fingerprint density at radius 3 is 2.44 bits per heavy atom. The van der Waals surface area contributed by atoms with Gasteiger partial charge in [-0.05, 0) is 19.4 Å². The summed E-state index contributed by atoms with van der Waals surface area (Å²) in [5.41, 5.74) is -0.792. The zero-order valence-electron chi connectivity index (χ0n) is 8.59. The topological polar surface area (TPSA) is 37.8 Å². The van der Waals surface area contributed by atoms with Crippen molar-refractivity contribution >= 4 is 0 Å². The normalized spacial score (nSPS) is 22.1. The third-order valence-electron chi connectivity index (χ3n) is 2.66. The zero-order valence-corrected chi connectivity index (χ0v) is 8.59. The van der Waals surface area contributed by atoms with E-state index >= 15 is 0 Å². The highest BCUT2D eigenvalue weighted by atomic mass is 19.4. The number of nitrogens with zero attached hydrogens (tertiary/aromatic N) is 2. The fourth-order valence-corrected chi connectivity index (χ4v) is 1.77. The summed E-state index contributed by atoms with van der Waals surface area (Å²) in [6, 6.07) is 0. The number of piperidine rings is 1. The molecule has 1 aromatic heterocycles. The molecule has 1 aliphatic heterocycles. The van der Waals surface area contributed by atoms with Gasteiger partial charge >= 0.3 is 6.18 Å². The number of rotatable bonds is 1. The van der Waals surface area contributed by atoms with Crippen LogP contribution in [0.25, 0.3) is 0 Å². The van der Waals surface area contributed by atoms with Gasteiger partial charge in [-0.15, -0.1) is 0 Å². The van der Waals surface area contributed by atoms with Crippen LogP contribution in [-0.2, 0) is 6.18 Å². The van der Waals surface area contributed by atoms with Crippen molar-refractivity contribution in [3.63, 3.8) is 0 Å². The summed E-state index contributed by atoms with van der Waals surface area (Å²) in [4.78, 5) is 7.60. The molecule has 0 bridgehead atoms. The lowest BCUT2D eigenvalue weighted by molar-refractivity contribution is -0.138. The number of nitrogens with one attached hydrogen (secondary N) is 1. The molecule has 0 radical (unpaired) electrons. The van der Waals surface area contributed by atoms with E-state index < -0.39 is 11.7 Å². The van der Waals surface area contributed by atoms with Gasteiger partial charge in [-0.3, -0.25) is 0 Å². The first-order valence-corrected chi connectivity index (χ1v) is 5.17. The van der Waals surface area contributed by atoms with Crippen LogP contribution in [0, 0.1) is 0 Å². The van der Waals surface area contributed by atoms with E-state index in [1.54, 1.807) is 0 Å². The van der Waals surface area contributed by atoms with Crippen LogP contribution >= 0.6 is 0 Å². The third kappa shape index (κ3) is 2.49. The highest BCUT2D eigenvalue weighted by Gasteiger charge is 2.31. The van der Waals surface area contributed by atoms with Gasteiger partial charge in [0, 0.05) is 24.9 Å². The summed E-state index contributed by atoms with van der Waals surface area (Å²) in [6.45, 7) is 1.70. The number of hydrogen-bond donors (Lipinski definition) is 1. The Kier molecular flexibility index (Phi) is 3.09. The number of halogens is 3. The van der Waals surface area contributed by atoms with E-state index in [2.05, 4.69) is 15.3 Å². The highest BCUT2D eigenvalue weighted by Crippen LogP contribution is 2.28. The van der Waals surface area contributed by atoms with Gasteiger partial charge in [-0.25, -0.2) is 9.97 Å². The Labute approximate surface area is 91.1 Å². The van der Waals surface area contributed by atoms with Crippen LogP contribution in [0.3, 0.4) is 0 Å². The van der Waals surface area contributed by atoms with E-state index in [0.29, 0.717) is 5.82 Å². The molecule has 1 aromatic rings. The van der Waals surface area contributed by atoms with Crippen LogP contribution in [-0.4, -0.2) is 23.1 Å². The van der Waals surface area contributed by atoms with Gasteiger partial charge < -0.3 is 5.32 Å². The van der Waals surface area contributed by atoms with Gasteiger partial charge in [-0.1, -0.05) is 0 Å². The van der Waals surface area contributed by atoms with Crippen LogP contribution in [0.1, 0.15) is 30.1 Å². The molecule has 1 atom stereocenters. The standard InChI is InChI=1S/C10H12F3N3/c11-10(12,13)8-5-15-9(16-6-8)7-2-1-3-14-4-7/h5-7,14H,1-4H2. The molecule has 0 aliphatic carbocycles. The van der Waals surface area contributed by atoms with E-state index in [1.807, 2.05) is 0 Å². The molecule has 1 saturated heterocycles. The van der Waals surface area contributed by atoms with Gasteiger partial charge in [0.15, 0.2) is 0 Å². The van der Waals surface area contributed by atoms with Crippen LogP contribution in [0.2, 0.25) is 0 Å². The molecule has 1 aliphatic rings. The first kappa shape index (κ1) is 11.3. The highest BCUT2D eigenvalue weighted by molar-refractivity contribution is 5.11. The van der Waals surface area contributed by atoms with E-state index in [9.17, 15) is 13.2 Å². The predicted molar refractivity (Wildman–Crippen MR) is 51.9 cm³/mol. The van der Waals surface area contributed by atoms with Crippen molar-refractivity contribution in [2.75, 3.05) is 13.1 Å². The second kappa shape index (κ2) is 4.37. The Balaban J connectivity index is 2.12. The molecule has 3 nitrogen and oxygen atoms in total. The SMILES string of the molecule is FC(F)(F)c1cnc(C2CCCNC2)nc1. The van der Waals surface area contributed by atoms with Crippen molar-refractivity contribution < 1.29 is 13.2 Å². The monoisotopic (exact) mass is 231 g/mol. The maximum Gasteiger partial charge on any atom is 0.419 e. The molecule has 1 fully saturated rings. The van der Waals surface area contributed by atoms with Gasteiger partial charge in [0.1, 0.15) is 5.82 Å². The molecule has 1 unspecified atom stereocenters. The predicted octanol–water partition coefficient (Wildman–Crippen LogP) is 1.96.